The summed E-state index contributed by atoms with van der Waals surface area (Å²) >= 11 is 0. The van der Waals surface area contributed by atoms with Gasteiger partial charge in [0.25, 0.3) is 0 Å². The van der Waals surface area contributed by atoms with Gasteiger partial charge in [0.1, 0.15) is 5.75 Å². The molecule has 2 rings (SSSR count). The number of methoxy groups -OCH3 is 1. The van der Waals surface area contributed by atoms with Crippen LogP contribution in [0, 0.1) is 12.3 Å². The van der Waals surface area contributed by atoms with E-state index in [0.717, 1.165) is 30.6 Å². The van der Waals surface area contributed by atoms with Crippen LogP contribution in [0.1, 0.15) is 49.7 Å². The second-order valence-electron chi connectivity index (χ2n) is 6.86. The molecule has 0 radical (unpaired) electrons. The monoisotopic (exact) mass is 318 g/mol. The Morgan fingerprint density at radius 3 is 2.70 bits per heavy atom. The molecule has 1 aromatic rings. The summed E-state index contributed by atoms with van der Waals surface area (Å²) in [7, 11) is 1.68. The molecule has 1 amide bonds. The summed E-state index contributed by atoms with van der Waals surface area (Å²) in [5.74, 6) is 1.01. The number of hydrogen-bond acceptors (Lipinski definition) is 3. The maximum atomic E-state index is 12.3. The number of benzene rings is 1. The zero-order chi connectivity index (χ0) is 16.7. The van der Waals surface area contributed by atoms with Crippen LogP contribution in [-0.2, 0) is 11.2 Å². The average molecular weight is 318 g/mol. The number of nitrogens with two attached hydrogens (primary N) is 1. The van der Waals surface area contributed by atoms with Crippen molar-refractivity contribution in [2.45, 2.75) is 51.9 Å². The summed E-state index contributed by atoms with van der Waals surface area (Å²) in [6, 6.07) is 6.14. The molecule has 1 aliphatic carbocycles. The Morgan fingerprint density at radius 2 is 2.04 bits per heavy atom. The molecule has 1 fully saturated rings. The van der Waals surface area contributed by atoms with E-state index in [1.165, 1.54) is 24.8 Å². The molecule has 0 saturated heterocycles. The van der Waals surface area contributed by atoms with E-state index in [-0.39, 0.29) is 11.3 Å². The second-order valence-corrected chi connectivity index (χ2v) is 6.86. The van der Waals surface area contributed by atoms with Crippen LogP contribution in [0.4, 0.5) is 0 Å². The van der Waals surface area contributed by atoms with E-state index in [9.17, 15) is 4.79 Å². The summed E-state index contributed by atoms with van der Waals surface area (Å²) in [4.78, 5) is 12.3. The zero-order valence-electron chi connectivity index (χ0n) is 14.5. The molecule has 3 N–H and O–H groups in total. The molecule has 128 valence electrons. The molecule has 4 heteroatoms. The number of carbonyl (C=O) groups is 1. The number of aryl methyl sites for hydroxylation is 1. The zero-order valence-corrected chi connectivity index (χ0v) is 14.5. The van der Waals surface area contributed by atoms with Crippen LogP contribution >= 0.6 is 0 Å². The summed E-state index contributed by atoms with van der Waals surface area (Å²) in [6.07, 6.45) is 7.19. The number of rotatable bonds is 7. The molecular formula is C19H30N2O2. The molecule has 1 aromatic carbocycles. The van der Waals surface area contributed by atoms with Crippen LogP contribution in [0.2, 0.25) is 0 Å². The smallest absolute Gasteiger partial charge is 0.220 e. The normalized spacial score (nSPS) is 16.8. The van der Waals surface area contributed by atoms with Crippen molar-refractivity contribution in [2.24, 2.45) is 11.1 Å². The van der Waals surface area contributed by atoms with Crippen molar-refractivity contribution in [3.63, 3.8) is 0 Å². The highest BCUT2D eigenvalue weighted by Crippen LogP contribution is 2.38. The van der Waals surface area contributed by atoms with E-state index in [1.807, 2.05) is 12.1 Å². The molecule has 1 aliphatic rings. The van der Waals surface area contributed by atoms with E-state index in [2.05, 4.69) is 18.3 Å². The lowest BCUT2D eigenvalue weighted by Gasteiger charge is -2.35. The van der Waals surface area contributed by atoms with Gasteiger partial charge in [0, 0.05) is 13.0 Å². The van der Waals surface area contributed by atoms with E-state index >= 15 is 0 Å². The molecule has 1 saturated carbocycles. The maximum absolute atomic E-state index is 12.3. The van der Waals surface area contributed by atoms with Crippen molar-refractivity contribution in [3.05, 3.63) is 29.3 Å². The molecule has 23 heavy (non-hydrogen) atoms. The Bertz CT molecular complexity index is 522. The minimum Gasteiger partial charge on any atom is -0.496 e. The first kappa shape index (κ1) is 17.8. The van der Waals surface area contributed by atoms with Crippen molar-refractivity contribution >= 4 is 5.91 Å². The average Bonchev–Trinajstić information content (AvgIpc) is 2.56. The highest BCUT2D eigenvalue weighted by atomic mass is 16.5. The number of nitrogens with one attached hydrogen (secondary N) is 1. The lowest BCUT2D eigenvalue weighted by atomic mass is 9.71. The lowest BCUT2D eigenvalue weighted by Crippen LogP contribution is -2.39. The molecule has 0 heterocycles. The fraction of sp³-hybridized carbons (Fsp3) is 0.632. The van der Waals surface area contributed by atoms with Gasteiger partial charge in [-0.15, -0.1) is 0 Å². The first-order valence-corrected chi connectivity index (χ1v) is 8.69. The van der Waals surface area contributed by atoms with Gasteiger partial charge in [0.05, 0.1) is 7.11 Å². The Balaban J connectivity index is 1.84. The number of ether oxygens (including phenoxy) is 1. The maximum Gasteiger partial charge on any atom is 0.220 e. The van der Waals surface area contributed by atoms with Gasteiger partial charge < -0.3 is 15.8 Å². The summed E-state index contributed by atoms with van der Waals surface area (Å²) in [5, 5.41) is 3.06. The number of hydrogen-bond donors (Lipinski definition) is 2. The Hall–Kier alpha value is -1.55. The molecule has 4 nitrogen and oxygen atoms in total. The predicted octanol–water partition coefficient (Wildman–Crippen LogP) is 2.96. The topological polar surface area (TPSA) is 64.3 Å². The minimum atomic E-state index is 0.0311. The van der Waals surface area contributed by atoms with Gasteiger partial charge >= 0.3 is 0 Å². The van der Waals surface area contributed by atoms with E-state index < -0.39 is 0 Å². The van der Waals surface area contributed by atoms with Gasteiger partial charge in [-0.2, -0.15) is 0 Å². The molecule has 0 unspecified atom stereocenters. The van der Waals surface area contributed by atoms with Gasteiger partial charge in [0.15, 0.2) is 0 Å². The Labute approximate surface area is 139 Å². The van der Waals surface area contributed by atoms with Gasteiger partial charge in [-0.05, 0) is 49.8 Å². The van der Waals surface area contributed by atoms with Crippen LogP contribution in [0.25, 0.3) is 0 Å². The molecule has 0 aliphatic heterocycles. The highest BCUT2D eigenvalue weighted by Gasteiger charge is 2.32. The van der Waals surface area contributed by atoms with E-state index in [0.29, 0.717) is 19.5 Å². The third kappa shape index (κ3) is 4.96. The van der Waals surface area contributed by atoms with Crippen molar-refractivity contribution in [1.82, 2.24) is 5.32 Å². The van der Waals surface area contributed by atoms with Gasteiger partial charge in [-0.1, -0.05) is 37.0 Å². The van der Waals surface area contributed by atoms with Crippen LogP contribution in [0.15, 0.2) is 18.2 Å². The standard InChI is InChI=1S/C19H30N2O2/c1-15-6-7-17(23-2)16(12-15)8-11-21-18(22)13-19(14-20)9-4-3-5-10-19/h6-7,12H,3-5,8-11,13-14,20H2,1-2H3,(H,21,22). The van der Waals surface area contributed by atoms with E-state index in [4.69, 9.17) is 10.5 Å². The van der Waals surface area contributed by atoms with Crippen molar-refractivity contribution in [1.29, 1.82) is 0 Å². The minimum absolute atomic E-state index is 0.0311. The fourth-order valence-corrected chi connectivity index (χ4v) is 3.60. The third-order valence-corrected chi connectivity index (χ3v) is 5.04. The summed E-state index contributed by atoms with van der Waals surface area (Å²) in [6.45, 7) is 3.32. The van der Waals surface area contributed by atoms with Crippen molar-refractivity contribution < 1.29 is 9.53 Å². The second kappa shape index (κ2) is 8.34. The molecular weight excluding hydrogens is 288 g/mol. The molecule has 0 aromatic heterocycles. The fourth-order valence-electron chi connectivity index (χ4n) is 3.60. The largest absolute Gasteiger partial charge is 0.496 e. The Kier molecular flexibility index (Phi) is 6.46. The van der Waals surface area contributed by atoms with Crippen molar-refractivity contribution in [3.8, 4) is 5.75 Å². The highest BCUT2D eigenvalue weighted by molar-refractivity contribution is 5.76. The molecule has 0 spiro atoms. The third-order valence-electron chi connectivity index (χ3n) is 5.04. The van der Waals surface area contributed by atoms with Crippen LogP contribution in [0.3, 0.4) is 0 Å². The van der Waals surface area contributed by atoms with Crippen LogP contribution < -0.4 is 15.8 Å². The Morgan fingerprint density at radius 1 is 1.30 bits per heavy atom. The van der Waals surface area contributed by atoms with Gasteiger partial charge in [-0.25, -0.2) is 0 Å². The molecule has 0 atom stereocenters. The first-order chi connectivity index (χ1) is 11.1. The van der Waals surface area contributed by atoms with Crippen LogP contribution in [-0.4, -0.2) is 26.1 Å². The predicted molar refractivity (Wildman–Crippen MR) is 93.6 cm³/mol. The SMILES string of the molecule is COc1ccc(C)cc1CCNC(=O)CC1(CN)CCCCC1. The lowest BCUT2D eigenvalue weighted by molar-refractivity contribution is -0.123. The van der Waals surface area contributed by atoms with Crippen LogP contribution in [0.5, 0.6) is 5.75 Å². The van der Waals surface area contributed by atoms with Gasteiger partial charge in [-0.3, -0.25) is 4.79 Å². The number of carbonyl (C=O) groups excluding carboxylic acids is 1. The quantitative estimate of drug-likeness (QED) is 0.812. The summed E-state index contributed by atoms with van der Waals surface area (Å²) in [5.41, 5.74) is 8.34. The molecule has 0 bridgehead atoms. The summed E-state index contributed by atoms with van der Waals surface area (Å²) < 4.78 is 5.38. The van der Waals surface area contributed by atoms with Crippen molar-refractivity contribution in [2.75, 3.05) is 20.2 Å². The first-order valence-electron chi connectivity index (χ1n) is 8.69. The van der Waals surface area contributed by atoms with Gasteiger partial charge in [0.2, 0.25) is 5.91 Å². The van der Waals surface area contributed by atoms with E-state index in [1.54, 1.807) is 7.11 Å². The number of amides is 1.